The zero-order valence-electron chi connectivity index (χ0n) is 11.9. The molecular formula is C14H32N2. The molecule has 0 radical (unpaired) electrons. The number of nitrogens with one attached hydrogen (secondary N) is 1. The summed E-state index contributed by atoms with van der Waals surface area (Å²) in [5, 5.41) is 3.55. The van der Waals surface area contributed by atoms with Crippen LogP contribution in [0, 0.1) is 0 Å². The number of rotatable bonds is 11. The van der Waals surface area contributed by atoms with Crippen molar-refractivity contribution in [3.05, 3.63) is 0 Å². The SMILES string of the molecule is CCCCCN(C)C(CCC)CNCCC. The molecule has 0 spiro atoms. The van der Waals surface area contributed by atoms with E-state index in [2.05, 4.69) is 38.0 Å². The van der Waals surface area contributed by atoms with E-state index in [9.17, 15) is 0 Å². The van der Waals surface area contributed by atoms with E-state index in [4.69, 9.17) is 0 Å². The van der Waals surface area contributed by atoms with Gasteiger partial charge in [0.2, 0.25) is 0 Å². The summed E-state index contributed by atoms with van der Waals surface area (Å²) < 4.78 is 0. The molecule has 1 atom stereocenters. The van der Waals surface area contributed by atoms with Crippen molar-refractivity contribution in [1.82, 2.24) is 10.2 Å². The first-order valence-electron chi connectivity index (χ1n) is 7.17. The first-order chi connectivity index (χ1) is 7.76. The minimum atomic E-state index is 0.730. The number of hydrogen-bond donors (Lipinski definition) is 1. The van der Waals surface area contributed by atoms with Crippen molar-refractivity contribution in [2.24, 2.45) is 0 Å². The highest BCUT2D eigenvalue weighted by atomic mass is 15.1. The molecule has 0 rings (SSSR count). The van der Waals surface area contributed by atoms with E-state index in [0.717, 1.165) is 19.1 Å². The van der Waals surface area contributed by atoms with Gasteiger partial charge in [0.1, 0.15) is 0 Å². The van der Waals surface area contributed by atoms with Crippen LogP contribution in [0.2, 0.25) is 0 Å². The van der Waals surface area contributed by atoms with Crippen LogP contribution in [0.4, 0.5) is 0 Å². The third-order valence-electron chi connectivity index (χ3n) is 3.17. The van der Waals surface area contributed by atoms with Crippen molar-refractivity contribution >= 4 is 0 Å². The van der Waals surface area contributed by atoms with Gasteiger partial charge in [-0.05, 0) is 39.4 Å². The second-order valence-electron chi connectivity index (χ2n) is 4.83. The Balaban J connectivity index is 3.77. The van der Waals surface area contributed by atoms with Crippen LogP contribution < -0.4 is 5.32 Å². The average molecular weight is 228 g/mol. The normalized spacial score (nSPS) is 13.3. The summed E-state index contributed by atoms with van der Waals surface area (Å²) in [7, 11) is 2.28. The Hall–Kier alpha value is -0.0800. The van der Waals surface area contributed by atoms with Crippen LogP contribution in [0.25, 0.3) is 0 Å². The second-order valence-corrected chi connectivity index (χ2v) is 4.83. The maximum Gasteiger partial charge on any atom is 0.0217 e. The summed E-state index contributed by atoms with van der Waals surface area (Å²) in [5.74, 6) is 0. The van der Waals surface area contributed by atoms with Gasteiger partial charge in [-0.25, -0.2) is 0 Å². The Bertz CT molecular complexity index is 137. The lowest BCUT2D eigenvalue weighted by Gasteiger charge is -2.28. The van der Waals surface area contributed by atoms with Gasteiger partial charge < -0.3 is 10.2 Å². The topological polar surface area (TPSA) is 15.3 Å². The molecule has 16 heavy (non-hydrogen) atoms. The first-order valence-corrected chi connectivity index (χ1v) is 7.17. The Labute approximate surface area is 103 Å². The van der Waals surface area contributed by atoms with E-state index >= 15 is 0 Å². The highest BCUT2D eigenvalue weighted by Gasteiger charge is 2.12. The van der Waals surface area contributed by atoms with Crippen LogP contribution in [0.1, 0.15) is 59.3 Å². The molecule has 0 heterocycles. The minimum Gasteiger partial charge on any atom is -0.315 e. The Morgan fingerprint density at radius 3 is 2.31 bits per heavy atom. The van der Waals surface area contributed by atoms with E-state index in [1.165, 1.54) is 45.1 Å². The smallest absolute Gasteiger partial charge is 0.0217 e. The van der Waals surface area contributed by atoms with Crippen molar-refractivity contribution in [3.63, 3.8) is 0 Å². The lowest BCUT2D eigenvalue weighted by Crippen LogP contribution is -2.40. The molecule has 2 heteroatoms. The lowest BCUT2D eigenvalue weighted by atomic mass is 10.1. The van der Waals surface area contributed by atoms with Crippen LogP contribution in [-0.2, 0) is 0 Å². The molecule has 0 aromatic heterocycles. The van der Waals surface area contributed by atoms with E-state index in [1.807, 2.05) is 0 Å². The molecule has 0 bridgehead atoms. The summed E-state index contributed by atoms with van der Waals surface area (Å²) in [4.78, 5) is 2.54. The fourth-order valence-corrected chi connectivity index (χ4v) is 2.05. The largest absolute Gasteiger partial charge is 0.315 e. The third kappa shape index (κ3) is 8.12. The Morgan fingerprint density at radius 1 is 1.00 bits per heavy atom. The highest BCUT2D eigenvalue weighted by Crippen LogP contribution is 2.06. The molecule has 0 saturated carbocycles. The summed E-state index contributed by atoms with van der Waals surface area (Å²) in [6.07, 6.45) is 7.88. The van der Waals surface area contributed by atoms with Crippen LogP contribution in [0.15, 0.2) is 0 Å². The van der Waals surface area contributed by atoms with Gasteiger partial charge in [-0.1, -0.05) is 40.0 Å². The number of likely N-dealkylation sites (N-methyl/N-ethyl adjacent to an activating group) is 1. The zero-order chi connectivity index (χ0) is 12.2. The zero-order valence-corrected chi connectivity index (χ0v) is 11.9. The monoisotopic (exact) mass is 228 g/mol. The molecule has 0 aliphatic rings. The van der Waals surface area contributed by atoms with Gasteiger partial charge in [0.25, 0.3) is 0 Å². The molecular weight excluding hydrogens is 196 g/mol. The van der Waals surface area contributed by atoms with Gasteiger partial charge >= 0.3 is 0 Å². The van der Waals surface area contributed by atoms with E-state index in [1.54, 1.807) is 0 Å². The number of nitrogens with zero attached hydrogens (tertiary/aromatic N) is 1. The maximum absolute atomic E-state index is 3.55. The Kier molecular flexibility index (Phi) is 11.3. The van der Waals surface area contributed by atoms with Crippen LogP contribution in [0.5, 0.6) is 0 Å². The van der Waals surface area contributed by atoms with Gasteiger partial charge in [0.15, 0.2) is 0 Å². The summed E-state index contributed by atoms with van der Waals surface area (Å²) >= 11 is 0. The highest BCUT2D eigenvalue weighted by molar-refractivity contribution is 4.71. The first kappa shape index (κ1) is 15.9. The van der Waals surface area contributed by atoms with Gasteiger partial charge in [-0.2, -0.15) is 0 Å². The van der Waals surface area contributed by atoms with Crippen LogP contribution in [0.3, 0.4) is 0 Å². The van der Waals surface area contributed by atoms with Crippen LogP contribution >= 0.6 is 0 Å². The van der Waals surface area contributed by atoms with Gasteiger partial charge in [0.05, 0.1) is 0 Å². The van der Waals surface area contributed by atoms with Crippen molar-refractivity contribution in [3.8, 4) is 0 Å². The summed E-state index contributed by atoms with van der Waals surface area (Å²) in [5.41, 5.74) is 0. The number of unbranched alkanes of at least 4 members (excludes halogenated alkanes) is 2. The lowest BCUT2D eigenvalue weighted by molar-refractivity contribution is 0.219. The van der Waals surface area contributed by atoms with Crippen molar-refractivity contribution in [2.75, 3.05) is 26.7 Å². The predicted octanol–water partition coefficient (Wildman–Crippen LogP) is 3.28. The van der Waals surface area contributed by atoms with Crippen molar-refractivity contribution in [2.45, 2.75) is 65.3 Å². The summed E-state index contributed by atoms with van der Waals surface area (Å²) in [6, 6.07) is 0.730. The fourth-order valence-electron chi connectivity index (χ4n) is 2.05. The molecule has 0 aromatic carbocycles. The predicted molar refractivity (Wildman–Crippen MR) is 74.0 cm³/mol. The second kappa shape index (κ2) is 11.4. The molecule has 2 nitrogen and oxygen atoms in total. The third-order valence-corrected chi connectivity index (χ3v) is 3.17. The molecule has 0 saturated heterocycles. The van der Waals surface area contributed by atoms with E-state index in [-0.39, 0.29) is 0 Å². The summed E-state index contributed by atoms with van der Waals surface area (Å²) in [6.45, 7) is 10.4. The molecule has 0 aliphatic heterocycles. The van der Waals surface area contributed by atoms with E-state index < -0.39 is 0 Å². The number of hydrogen-bond acceptors (Lipinski definition) is 2. The molecule has 0 aromatic rings. The quantitative estimate of drug-likeness (QED) is 0.546. The molecule has 0 fully saturated rings. The van der Waals surface area contributed by atoms with Crippen molar-refractivity contribution in [1.29, 1.82) is 0 Å². The fraction of sp³-hybridized carbons (Fsp3) is 1.00. The molecule has 0 amide bonds. The van der Waals surface area contributed by atoms with E-state index in [0.29, 0.717) is 0 Å². The molecule has 1 unspecified atom stereocenters. The Morgan fingerprint density at radius 2 is 1.75 bits per heavy atom. The van der Waals surface area contributed by atoms with Crippen LogP contribution in [-0.4, -0.2) is 37.6 Å². The molecule has 98 valence electrons. The molecule has 0 aliphatic carbocycles. The minimum absolute atomic E-state index is 0.730. The molecule has 1 N–H and O–H groups in total. The average Bonchev–Trinajstić information content (AvgIpc) is 2.28. The standard InChI is InChI=1S/C14H32N2/c1-5-8-9-12-16(4)14(10-6-2)13-15-11-7-3/h14-15H,5-13H2,1-4H3. The maximum atomic E-state index is 3.55. The van der Waals surface area contributed by atoms with Gasteiger partial charge in [-0.3, -0.25) is 0 Å². The van der Waals surface area contributed by atoms with Gasteiger partial charge in [0, 0.05) is 12.6 Å². The van der Waals surface area contributed by atoms with Gasteiger partial charge in [-0.15, -0.1) is 0 Å². The van der Waals surface area contributed by atoms with Crippen molar-refractivity contribution < 1.29 is 0 Å².